The van der Waals surface area contributed by atoms with Crippen LogP contribution in [0.1, 0.15) is 29.0 Å². The Labute approximate surface area is 110 Å². The minimum atomic E-state index is 0.648. The van der Waals surface area contributed by atoms with Crippen LogP contribution in [0.2, 0.25) is 0 Å². The Balaban J connectivity index is 1.85. The van der Waals surface area contributed by atoms with Crippen LogP contribution < -0.4 is 0 Å². The highest BCUT2D eigenvalue weighted by Crippen LogP contribution is 2.25. The van der Waals surface area contributed by atoms with Gasteiger partial charge in [-0.3, -0.25) is 9.20 Å². The molecule has 0 aromatic carbocycles. The second kappa shape index (κ2) is 5.10. The molecule has 1 aliphatic rings. The maximum atomic E-state index is 10.7. The normalized spacial score (nSPS) is 20.1. The molecular weight excluding hydrogens is 246 g/mol. The topological polar surface area (TPSA) is 47.3 Å². The molecule has 2 aromatic rings. The molecule has 5 heteroatoms. The summed E-state index contributed by atoms with van der Waals surface area (Å²) >= 11 is 2.03. The van der Waals surface area contributed by atoms with E-state index in [9.17, 15) is 4.79 Å². The van der Waals surface area contributed by atoms with Crippen molar-refractivity contribution in [3.05, 3.63) is 29.7 Å². The fourth-order valence-electron chi connectivity index (χ4n) is 2.40. The fraction of sp³-hybridized carbons (Fsp3) is 0.462. The van der Waals surface area contributed by atoms with Gasteiger partial charge in [0.05, 0.1) is 0 Å². The molecule has 1 fully saturated rings. The number of nitrogens with zero attached hydrogens (tertiary/aromatic N) is 3. The van der Waals surface area contributed by atoms with Crippen LogP contribution in [0, 0.1) is 5.92 Å². The number of thioether (sulfide) groups is 1. The SMILES string of the molecule is O=Cc1ccn2c(CC3CCCSC3)nnc2c1. The summed E-state index contributed by atoms with van der Waals surface area (Å²) in [6.45, 7) is 0. The van der Waals surface area contributed by atoms with E-state index in [0.717, 1.165) is 24.2 Å². The molecule has 1 saturated heterocycles. The predicted octanol–water partition coefficient (Wildman–Crippen LogP) is 2.23. The lowest BCUT2D eigenvalue weighted by Gasteiger charge is -2.20. The summed E-state index contributed by atoms with van der Waals surface area (Å²) in [6, 6.07) is 3.58. The van der Waals surface area contributed by atoms with E-state index >= 15 is 0 Å². The van der Waals surface area contributed by atoms with Gasteiger partial charge in [-0.05, 0) is 42.4 Å². The summed E-state index contributed by atoms with van der Waals surface area (Å²) in [7, 11) is 0. The van der Waals surface area contributed by atoms with Crippen molar-refractivity contribution in [2.45, 2.75) is 19.3 Å². The van der Waals surface area contributed by atoms with Gasteiger partial charge in [0.1, 0.15) is 12.1 Å². The van der Waals surface area contributed by atoms with Crippen molar-refractivity contribution in [2.75, 3.05) is 11.5 Å². The van der Waals surface area contributed by atoms with Crippen molar-refractivity contribution in [3.63, 3.8) is 0 Å². The lowest BCUT2D eigenvalue weighted by molar-refractivity contribution is 0.112. The zero-order valence-corrected chi connectivity index (χ0v) is 10.9. The Bertz CT molecular complexity index is 560. The molecular formula is C13H15N3OS. The lowest BCUT2D eigenvalue weighted by atomic mass is 10.0. The highest BCUT2D eigenvalue weighted by molar-refractivity contribution is 7.99. The average Bonchev–Trinajstić information content (AvgIpc) is 2.82. The number of carbonyl (C=O) groups excluding carboxylic acids is 1. The number of hydrogen-bond donors (Lipinski definition) is 0. The van der Waals surface area contributed by atoms with Crippen LogP contribution in [-0.4, -0.2) is 32.4 Å². The fourth-order valence-corrected chi connectivity index (χ4v) is 3.55. The molecule has 0 aliphatic carbocycles. The first-order chi connectivity index (χ1) is 8.86. The zero-order chi connectivity index (χ0) is 12.4. The van der Waals surface area contributed by atoms with E-state index in [1.807, 2.05) is 28.4 Å². The molecule has 18 heavy (non-hydrogen) atoms. The van der Waals surface area contributed by atoms with Crippen molar-refractivity contribution >= 4 is 23.7 Å². The van der Waals surface area contributed by atoms with E-state index < -0.39 is 0 Å². The van der Waals surface area contributed by atoms with Crippen LogP contribution in [0.3, 0.4) is 0 Å². The van der Waals surface area contributed by atoms with E-state index in [1.54, 1.807) is 6.07 Å². The minimum absolute atomic E-state index is 0.648. The Morgan fingerprint density at radius 2 is 2.44 bits per heavy atom. The van der Waals surface area contributed by atoms with E-state index in [-0.39, 0.29) is 0 Å². The van der Waals surface area contributed by atoms with Gasteiger partial charge in [0.25, 0.3) is 0 Å². The molecule has 1 unspecified atom stereocenters. The van der Waals surface area contributed by atoms with Crippen LogP contribution in [0.25, 0.3) is 5.65 Å². The first-order valence-corrected chi connectivity index (χ1v) is 7.39. The van der Waals surface area contributed by atoms with Crippen molar-refractivity contribution in [2.24, 2.45) is 5.92 Å². The summed E-state index contributed by atoms with van der Waals surface area (Å²) in [5, 5.41) is 8.39. The van der Waals surface area contributed by atoms with E-state index in [0.29, 0.717) is 11.5 Å². The van der Waals surface area contributed by atoms with Crippen LogP contribution in [0.4, 0.5) is 0 Å². The first-order valence-electron chi connectivity index (χ1n) is 6.23. The third-order valence-electron chi connectivity index (χ3n) is 3.37. The zero-order valence-electron chi connectivity index (χ0n) is 10.1. The van der Waals surface area contributed by atoms with Gasteiger partial charge in [-0.15, -0.1) is 10.2 Å². The second-order valence-corrected chi connectivity index (χ2v) is 5.86. The maximum Gasteiger partial charge on any atom is 0.161 e. The molecule has 0 amide bonds. The monoisotopic (exact) mass is 261 g/mol. The number of aromatic nitrogens is 3. The van der Waals surface area contributed by atoms with Crippen molar-refractivity contribution < 1.29 is 4.79 Å². The van der Waals surface area contributed by atoms with Crippen LogP contribution in [-0.2, 0) is 6.42 Å². The van der Waals surface area contributed by atoms with Gasteiger partial charge in [-0.2, -0.15) is 11.8 Å². The lowest BCUT2D eigenvalue weighted by Crippen LogP contribution is -2.14. The molecule has 2 aromatic heterocycles. The summed E-state index contributed by atoms with van der Waals surface area (Å²) in [6.07, 6.45) is 6.31. The van der Waals surface area contributed by atoms with Gasteiger partial charge in [0, 0.05) is 18.2 Å². The van der Waals surface area contributed by atoms with Gasteiger partial charge in [-0.25, -0.2) is 0 Å². The number of rotatable bonds is 3. The smallest absolute Gasteiger partial charge is 0.161 e. The Hall–Kier alpha value is -1.36. The summed E-state index contributed by atoms with van der Waals surface area (Å²) < 4.78 is 1.99. The first kappa shape index (κ1) is 11.7. The Kier molecular flexibility index (Phi) is 3.32. The molecule has 4 nitrogen and oxygen atoms in total. The van der Waals surface area contributed by atoms with E-state index in [4.69, 9.17) is 0 Å². The van der Waals surface area contributed by atoms with Crippen molar-refractivity contribution in [3.8, 4) is 0 Å². The molecule has 0 saturated carbocycles. The van der Waals surface area contributed by atoms with Crippen LogP contribution in [0.5, 0.6) is 0 Å². The van der Waals surface area contributed by atoms with Crippen molar-refractivity contribution in [1.29, 1.82) is 0 Å². The quantitative estimate of drug-likeness (QED) is 0.795. The largest absolute Gasteiger partial charge is 0.298 e. The molecule has 1 atom stereocenters. The second-order valence-electron chi connectivity index (χ2n) is 4.71. The summed E-state index contributed by atoms with van der Waals surface area (Å²) in [5.74, 6) is 4.23. The Morgan fingerprint density at radius 3 is 3.22 bits per heavy atom. The highest BCUT2D eigenvalue weighted by Gasteiger charge is 2.17. The van der Waals surface area contributed by atoms with Gasteiger partial charge >= 0.3 is 0 Å². The molecule has 0 spiro atoms. The molecule has 0 N–H and O–H groups in total. The van der Waals surface area contributed by atoms with Crippen LogP contribution >= 0.6 is 11.8 Å². The van der Waals surface area contributed by atoms with Crippen molar-refractivity contribution in [1.82, 2.24) is 14.6 Å². The van der Waals surface area contributed by atoms with E-state index in [1.165, 1.54) is 24.3 Å². The number of pyridine rings is 1. The minimum Gasteiger partial charge on any atom is -0.298 e. The standard InChI is InChI=1S/C13H15N3OS/c17-8-10-3-4-16-12(6-10)14-15-13(16)7-11-2-1-5-18-9-11/h3-4,6,8,11H,1-2,5,7,9H2. The van der Waals surface area contributed by atoms with Gasteiger partial charge in [0.2, 0.25) is 0 Å². The highest BCUT2D eigenvalue weighted by atomic mass is 32.2. The third-order valence-corrected chi connectivity index (χ3v) is 4.65. The molecule has 3 heterocycles. The number of aldehydes is 1. The maximum absolute atomic E-state index is 10.7. The Morgan fingerprint density at radius 1 is 1.50 bits per heavy atom. The number of carbonyl (C=O) groups is 1. The van der Waals surface area contributed by atoms with Gasteiger partial charge in [0.15, 0.2) is 5.65 Å². The van der Waals surface area contributed by atoms with Gasteiger partial charge < -0.3 is 0 Å². The molecule has 1 aliphatic heterocycles. The average molecular weight is 261 g/mol. The summed E-state index contributed by atoms with van der Waals surface area (Å²) in [4.78, 5) is 10.7. The van der Waals surface area contributed by atoms with E-state index in [2.05, 4.69) is 10.2 Å². The third kappa shape index (κ3) is 2.27. The number of hydrogen-bond acceptors (Lipinski definition) is 4. The molecule has 94 valence electrons. The molecule has 3 rings (SSSR count). The van der Waals surface area contributed by atoms with Crippen LogP contribution in [0.15, 0.2) is 18.3 Å². The molecule has 0 bridgehead atoms. The molecule has 0 radical (unpaired) electrons. The number of fused-ring (bicyclic) bond motifs is 1. The van der Waals surface area contributed by atoms with Gasteiger partial charge in [-0.1, -0.05) is 0 Å². The summed E-state index contributed by atoms with van der Waals surface area (Å²) in [5.41, 5.74) is 1.41. The predicted molar refractivity (Wildman–Crippen MR) is 72.1 cm³/mol.